The molecule has 5 nitrogen and oxygen atoms in total. The maximum atomic E-state index is 9.21. The standard InChI is InChI=1S/C14H23N3O2/c1-14(2,11-18)10-16-12-3-4-13(15-9-12)17-5-7-19-8-6-17/h3-4,9,16,18H,5-8,10-11H2,1-2H3. The lowest BCUT2D eigenvalue weighted by Gasteiger charge is -2.28. The van der Waals surface area contributed by atoms with Crippen molar-refractivity contribution >= 4 is 11.5 Å². The van der Waals surface area contributed by atoms with Crippen LogP contribution in [0.25, 0.3) is 0 Å². The van der Waals surface area contributed by atoms with E-state index in [0.29, 0.717) is 0 Å². The number of aromatic nitrogens is 1. The number of nitrogens with one attached hydrogen (secondary N) is 1. The van der Waals surface area contributed by atoms with Gasteiger partial charge in [0.05, 0.1) is 25.1 Å². The van der Waals surface area contributed by atoms with Crippen molar-refractivity contribution in [2.45, 2.75) is 13.8 Å². The zero-order chi connectivity index (χ0) is 13.7. The molecule has 0 amide bonds. The van der Waals surface area contributed by atoms with Crippen LogP contribution in [0.3, 0.4) is 0 Å². The number of morpholine rings is 1. The van der Waals surface area contributed by atoms with Crippen LogP contribution in [0, 0.1) is 5.41 Å². The molecule has 2 rings (SSSR count). The molecule has 0 aromatic carbocycles. The van der Waals surface area contributed by atoms with E-state index in [9.17, 15) is 5.11 Å². The minimum Gasteiger partial charge on any atom is -0.396 e. The Morgan fingerprint density at radius 2 is 2.11 bits per heavy atom. The highest BCUT2D eigenvalue weighted by atomic mass is 16.5. The topological polar surface area (TPSA) is 57.6 Å². The molecule has 0 saturated carbocycles. The Morgan fingerprint density at radius 1 is 1.37 bits per heavy atom. The van der Waals surface area contributed by atoms with Gasteiger partial charge in [-0.05, 0) is 12.1 Å². The van der Waals surface area contributed by atoms with E-state index in [4.69, 9.17) is 4.74 Å². The maximum absolute atomic E-state index is 9.21. The lowest BCUT2D eigenvalue weighted by atomic mass is 9.95. The van der Waals surface area contributed by atoms with Gasteiger partial charge in [-0.15, -0.1) is 0 Å². The molecular weight excluding hydrogens is 242 g/mol. The van der Waals surface area contributed by atoms with Gasteiger partial charge in [-0.1, -0.05) is 13.8 Å². The van der Waals surface area contributed by atoms with Crippen LogP contribution >= 0.6 is 0 Å². The van der Waals surface area contributed by atoms with Crippen LogP contribution in [0.2, 0.25) is 0 Å². The first-order chi connectivity index (χ1) is 9.11. The second kappa shape index (κ2) is 6.21. The van der Waals surface area contributed by atoms with Crippen LogP contribution in [0.4, 0.5) is 11.5 Å². The third kappa shape index (κ3) is 4.08. The summed E-state index contributed by atoms with van der Waals surface area (Å²) in [5.74, 6) is 0.996. The molecule has 1 saturated heterocycles. The van der Waals surface area contributed by atoms with Gasteiger partial charge in [-0.2, -0.15) is 0 Å². The van der Waals surface area contributed by atoms with Crippen LogP contribution in [-0.4, -0.2) is 49.5 Å². The number of hydrogen-bond donors (Lipinski definition) is 2. The van der Waals surface area contributed by atoms with Crippen molar-refractivity contribution in [3.63, 3.8) is 0 Å². The van der Waals surface area contributed by atoms with Gasteiger partial charge < -0.3 is 20.1 Å². The van der Waals surface area contributed by atoms with Gasteiger partial charge in [-0.25, -0.2) is 4.98 Å². The smallest absolute Gasteiger partial charge is 0.128 e. The summed E-state index contributed by atoms with van der Waals surface area (Å²) in [4.78, 5) is 6.70. The number of aliphatic hydroxyl groups excluding tert-OH is 1. The van der Waals surface area contributed by atoms with Gasteiger partial charge in [0, 0.05) is 31.7 Å². The molecule has 0 aliphatic carbocycles. The van der Waals surface area contributed by atoms with Crippen LogP contribution in [-0.2, 0) is 4.74 Å². The number of hydrogen-bond acceptors (Lipinski definition) is 5. The Bertz CT molecular complexity index is 386. The number of anilines is 2. The Hall–Kier alpha value is -1.33. The molecule has 2 heterocycles. The summed E-state index contributed by atoms with van der Waals surface area (Å²) in [6, 6.07) is 4.06. The molecule has 0 radical (unpaired) electrons. The molecule has 5 heteroatoms. The van der Waals surface area contributed by atoms with E-state index in [2.05, 4.69) is 15.2 Å². The number of rotatable bonds is 5. The minimum atomic E-state index is -0.122. The molecule has 1 aromatic rings. The Kier molecular flexibility index (Phi) is 4.61. The number of nitrogens with zero attached hydrogens (tertiary/aromatic N) is 2. The normalized spacial score (nSPS) is 16.5. The van der Waals surface area contributed by atoms with Crippen LogP contribution in [0.1, 0.15) is 13.8 Å². The second-order valence-electron chi connectivity index (χ2n) is 5.68. The summed E-state index contributed by atoms with van der Waals surface area (Å²) in [7, 11) is 0. The summed E-state index contributed by atoms with van der Waals surface area (Å²) in [6.07, 6.45) is 1.85. The van der Waals surface area contributed by atoms with Crippen LogP contribution in [0.5, 0.6) is 0 Å². The van der Waals surface area contributed by atoms with Crippen molar-refractivity contribution in [2.24, 2.45) is 5.41 Å². The zero-order valence-corrected chi connectivity index (χ0v) is 11.7. The van der Waals surface area contributed by atoms with E-state index < -0.39 is 0 Å². The highest BCUT2D eigenvalue weighted by molar-refractivity contribution is 5.48. The predicted octanol–water partition coefficient (Wildman–Crippen LogP) is 1.35. The van der Waals surface area contributed by atoms with Crippen LogP contribution < -0.4 is 10.2 Å². The summed E-state index contributed by atoms with van der Waals surface area (Å²) in [5, 5.41) is 12.5. The van der Waals surface area contributed by atoms with Crippen LogP contribution in [0.15, 0.2) is 18.3 Å². The molecule has 1 aliphatic heterocycles. The first-order valence-electron chi connectivity index (χ1n) is 6.74. The van der Waals surface area contributed by atoms with Gasteiger partial charge in [0.1, 0.15) is 5.82 Å². The lowest BCUT2D eigenvalue weighted by molar-refractivity contribution is 0.122. The highest BCUT2D eigenvalue weighted by Crippen LogP contribution is 2.18. The number of aliphatic hydroxyl groups is 1. The van der Waals surface area contributed by atoms with Gasteiger partial charge in [0.2, 0.25) is 0 Å². The van der Waals surface area contributed by atoms with Gasteiger partial charge in [0.25, 0.3) is 0 Å². The Balaban J connectivity index is 1.91. The van der Waals surface area contributed by atoms with Crippen molar-refractivity contribution in [3.8, 4) is 0 Å². The fraction of sp³-hybridized carbons (Fsp3) is 0.643. The summed E-state index contributed by atoms with van der Waals surface area (Å²) in [6.45, 7) is 8.28. The largest absolute Gasteiger partial charge is 0.396 e. The molecule has 0 atom stereocenters. The third-order valence-electron chi connectivity index (χ3n) is 3.28. The fourth-order valence-electron chi connectivity index (χ4n) is 1.87. The summed E-state index contributed by atoms with van der Waals surface area (Å²) in [5.41, 5.74) is 0.863. The molecule has 1 fully saturated rings. The fourth-order valence-corrected chi connectivity index (χ4v) is 1.87. The molecule has 0 bridgehead atoms. The van der Waals surface area contributed by atoms with E-state index in [-0.39, 0.29) is 12.0 Å². The van der Waals surface area contributed by atoms with Gasteiger partial charge in [-0.3, -0.25) is 0 Å². The van der Waals surface area contributed by atoms with Crippen molar-refractivity contribution < 1.29 is 9.84 Å². The zero-order valence-electron chi connectivity index (χ0n) is 11.7. The predicted molar refractivity (Wildman–Crippen MR) is 76.6 cm³/mol. The monoisotopic (exact) mass is 265 g/mol. The molecule has 19 heavy (non-hydrogen) atoms. The van der Waals surface area contributed by atoms with Gasteiger partial charge >= 0.3 is 0 Å². The quantitative estimate of drug-likeness (QED) is 0.841. The summed E-state index contributed by atoms with van der Waals surface area (Å²) >= 11 is 0. The van der Waals surface area contributed by atoms with Crippen molar-refractivity contribution in [1.29, 1.82) is 0 Å². The lowest BCUT2D eigenvalue weighted by Crippen LogP contribution is -2.36. The van der Waals surface area contributed by atoms with Crippen molar-refractivity contribution in [1.82, 2.24) is 4.98 Å². The SMILES string of the molecule is CC(C)(CO)CNc1ccc(N2CCOCC2)nc1. The molecule has 106 valence electrons. The second-order valence-corrected chi connectivity index (χ2v) is 5.68. The van der Waals surface area contributed by atoms with Gasteiger partial charge in [0.15, 0.2) is 0 Å². The first kappa shape index (κ1) is 14.1. The number of ether oxygens (including phenoxy) is 1. The van der Waals surface area contributed by atoms with E-state index in [1.165, 1.54) is 0 Å². The number of pyridine rings is 1. The average Bonchev–Trinajstić information content (AvgIpc) is 2.47. The minimum absolute atomic E-state index is 0.122. The van der Waals surface area contributed by atoms with E-state index in [1.807, 2.05) is 32.2 Å². The van der Waals surface area contributed by atoms with Crippen molar-refractivity contribution in [3.05, 3.63) is 18.3 Å². The molecule has 0 spiro atoms. The Morgan fingerprint density at radius 3 is 2.68 bits per heavy atom. The Labute approximate surface area is 114 Å². The molecule has 0 unspecified atom stereocenters. The van der Waals surface area contributed by atoms with Crippen molar-refractivity contribution in [2.75, 3.05) is 49.7 Å². The first-order valence-corrected chi connectivity index (χ1v) is 6.74. The molecule has 1 aromatic heterocycles. The van der Waals surface area contributed by atoms with E-state index in [0.717, 1.165) is 44.4 Å². The van der Waals surface area contributed by atoms with E-state index >= 15 is 0 Å². The third-order valence-corrected chi connectivity index (χ3v) is 3.28. The average molecular weight is 265 g/mol. The molecule has 1 aliphatic rings. The molecular formula is C14H23N3O2. The maximum Gasteiger partial charge on any atom is 0.128 e. The highest BCUT2D eigenvalue weighted by Gasteiger charge is 2.16. The summed E-state index contributed by atoms with van der Waals surface area (Å²) < 4.78 is 5.33. The molecule has 2 N–H and O–H groups in total. The van der Waals surface area contributed by atoms with E-state index in [1.54, 1.807) is 0 Å².